The number of aliphatic imine (C=N–C) groups is 1. The first-order valence-electron chi connectivity index (χ1n) is 5.02. The second-order valence-electron chi connectivity index (χ2n) is 4.32. The lowest BCUT2D eigenvalue weighted by atomic mass is 10.0. The van der Waals surface area contributed by atoms with E-state index in [1.807, 2.05) is 0 Å². The van der Waals surface area contributed by atoms with Gasteiger partial charge >= 0.3 is 0 Å². The van der Waals surface area contributed by atoms with E-state index in [0.29, 0.717) is 22.7 Å². The summed E-state index contributed by atoms with van der Waals surface area (Å²) in [6.07, 6.45) is 2.53. The smallest absolute Gasteiger partial charge is 0.218 e. The molecule has 1 aliphatic heterocycles. The van der Waals surface area contributed by atoms with E-state index in [4.69, 9.17) is 27.9 Å². The Labute approximate surface area is 104 Å². The first kappa shape index (κ1) is 11.7. The van der Waals surface area contributed by atoms with Crippen molar-refractivity contribution >= 4 is 29.1 Å². The summed E-state index contributed by atoms with van der Waals surface area (Å²) in [5.41, 5.74) is 0.668. The van der Waals surface area contributed by atoms with Crippen molar-refractivity contribution in [3.8, 4) is 0 Å². The zero-order valence-corrected chi connectivity index (χ0v) is 10.6. The second kappa shape index (κ2) is 4.22. The quantitative estimate of drug-likeness (QED) is 0.725. The molecule has 0 saturated heterocycles. The summed E-state index contributed by atoms with van der Waals surface area (Å²) in [6.45, 7) is 4.80. The van der Waals surface area contributed by atoms with Crippen molar-refractivity contribution in [1.29, 1.82) is 0 Å². The van der Waals surface area contributed by atoms with Crippen molar-refractivity contribution in [2.75, 3.05) is 6.61 Å². The number of hydrogen-bond acceptors (Lipinski definition) is 3. The zero-order chi connectivity index (χ0) is 11.8. The molecule has 0 bridgehead atoms. The first-order chi connectivity index (χ1) is 7.48. The van der Waals surface area contributed by atoms with Crippen molar-refractivity contribution in [1.82, 2.24) is 4.98 Å². The highest BCUT2D eigenvalue weighted by Gasteiger charge is 2.24. The number of hydrogen-bond donors (Lipinski definition) is 0. The van der Waals surface area contributed by atoms with Gasteiger partial charge in [-0.3, -0.25) is 0 Å². The van der Waals surface area contributed by atoms with Gasteiger partial charge in [-0.15, -0.1) is 0 Å². The van der Waals surface area contributed by atoms with E-state index in [9.17, 15) is 0 Å². The lowest BCUT2D eigenvalue weighted by Gasteiger charge is -2.26. The van der Waals surface area contributed by atoms with E-state index >= 15 is 0 Å². The highest BCUT2D eigenvalue weighted by molar-refractivity contribution is 6.41. The van der Waals surface area contributed by atoms with Crippen LogP contribution in [-0.4, -0.2) is 23.0 Å². The van der Waals surface area contributed by atoms with Gasteiger partial charge in [0.15, 0.2) is 0 Å². The van der Waals surface area contributed by atoms with Crippen LogP contribution in [0.1, 0.15) is 25.8 Å². The maximum Gasteiger partial charge on any atom is 0.218 e. The molecular weight excluding hydrogens is 247 g/mol. The van der Waals surface area contributed by atoms with Crippen LogP contribution in [0.25, 0.3) is 0 Å². The molecule has 0 fully saturated rings. The fourth-order valence-electron chi connectivity index (χ4n) is 1.45. The van der Waals surface area contributed by atoms with E-state index in [1.54, 1.807) is 12.3 Å². The molecule has 0 saturated carbocycles. The lowest BCUT2D eigenvalue weighted by Crippen LogP contribution is -2.29. The Kier molecular flexibility index (Phi) is 3.08. The van der Waals surface area contributed by atoms with Gasteiger partial charge in [0.25, 0.3) is 0 Å². The minimum atomic E-state index is -0.0975. The van der Waals surface area contributed by atoms with Crippen LogP contribution in [0, 0.1) is 0 Å². The highest BCUT2D eigenvalue weighted by Crippen LogP contribution is 2.24. The Morgan fingerprint density at radius 2 is 2.12 bits per heavy atom. The number of rotatable bonds is 1. The van der Waals surface area contributed by atoms with Crippen molar-refractivity contribution in [3.63, 3.8) is 0 Å². The lowest BCUT2D eigenvalue weighted by molar-refractivity contribution is 0.231. The highest BCUT2D eigenvalue weighted by atomic mass is 35.5. The van der Waals surface area contributed by atoms with Crippen molar-refractivity contribution in [3.05, 3.63) is 28.0 Å². The van der Waals surface area contributed by atoms with Crippen LogP contribution in [0.15, 0.2) is 17.3 Å². The molecule has 1 aliphatic rings. The van der Waals surface area contributed by atoms with Crippen LogP contribution in [0.3, 0.4) is 0 Å². The number of ether oxygens (including phenoxy) is 1. The predicted octanol–water partition coefficient (Wildman–Crippen LogP) is 3.33. The van der Waals surface area contributed by atoms with Crippen LogP contribution in [0.5, 0.6) is 0 Å². The summed E-state index contributed by atoms with van der Waals surface area (Å²) >= 11 is 11.7. The van der Waals surface area contributed by atoms with Gasteiger partial charge in [-0.1, -0.05) is 23.2 Å². The Balaban J connectivity index is 2.37. The van der Waals surface area contributed by atoms with Crippen LogP contribution in [0.4, 0.5) is 0 Å². The zero-order valence-electron chi connectivity index (χ0n) is 9.13. The third-order valence-electron chi connectivity index (χ3n) is 2.40. The Hall–Kier alpha value is -0.800. The summed E-state index contributed by atoms with van der Waals surface area (Å²) in [7, 11) is 0. The topological polar surface area (TPSA) is 34.5 Å². The van der Waals surface area contributed by atoms with Crippen LogP contribution < -0.4 is 0 Å². The number of pyridine rings is 1. The Bertz CT molecular complexity index is 444. The first-order valence-corrected chi connectivity index (χ1v) is 5.78. The molecule has 0 aromatic carbocycles. The molecule has 1 aromatic rings. The van der Waals surface area contributed by atoms with Gasteiger partial charge in [0, 0.05) is 12.6 Å². The molecule has 3 nitrogen and oxygen atoms in total. The number of aromatic nitrogens is 1. The Morgan fingerprint density at radius 1 is 1.38 bits per heavy atom. The van der Waals surface area contributed by atoms with Crippen LogP contribution in [-0.2, 0) is 4.74 Å². The average molecular weight is 259 g/mol. The van der Waals surface area contributed by atoms with Crippen LogP contribution >= 0.6 is 23.2 Å². The van der Waals surface area contributed by atoms with Gasteiger partial charge in [0.05, 0.1) is 22.7 Å². The van der Waals surface area contributed by atoms with E-state index in [-0.39, 0.29) is 5.54 Å². The molecule has 2 heterocycles. The van der Waals surface area contributed by atoms with E-state index in [0.717, 1.165) is 12.0 Å². The van der Waals surface area contributed by atoms with Crippen LogP contribution in [0.2, 0.25) is 10.2 Å². The molecule has 86 valence electrons. The molecule has 0 atom stereocenters. The van der Waals surface area contributed by atoms with Gasteiger partial charge in [-0.2, -0.15) is 0 Å². The maximum atomic E-state index is 5.90. The van der Waals surface area contributed by atoms with Gasteiger partial charge in [0.1, 0.15) is 5.15 Å². The van der Waals surface area contributed by atoms with Crippen molar-refractivity contribution in [2.45, 2.75) is 25.8 Å². The molecule has 0 amide bonds. The van der Waals surface area contributed by atoms with Crippen molar-refractivity contribution in [2.24, 2.45) is 4.99 Å². The molecule has 16 heavy (non-hydrogen) atoms. The SMILES string of the molecule is CC1(C)CCOC(c2cnc(Cl)c(Cl)c2)=N1. The maximum absolute atomic E-state index is 5.90. The van der Waals surface area contributed by atoms with Gasteiger partial charge in [0.2, 0.25) is 5.90 Å². The van der Waals surface area contributed by atoms with E-state index < -0.39 is 0 Å². The molecule has 0 spiro atoms. The molecule has 0 aliphatic carbocycles. The fraction of sp³-hybridized carbons (Fsp3) is 0.455. The van der Waals surface area contributed by atoms with Gasteiger partial charge < -0.3 is 4.74 Å². The summed E-state index contributed by atoms with van der Waals surface area (Å²) in [5, 5.41) is 0.704. The van der Waals surface area contributed by atoms with E-state index in [1.165, 1.54) is 0 Å². The largest absolute Gasteiger partial charge is 0.477 e. The molecule has 0 unspecified atom stereocenters. The molecule has 1 aromatic heterocycles. The minimum Gasteiger partial charge on any atom is -0.477 e. The number of nitrogens with zero attached hydrogens (tertiary/aromatic N) is 2. The molecule has 0 radical (unpaired) electrons. The fourth-order valence-corrected chi connectivity index (χ4v) is 1.72. The summed E-state index contributed by atoms with van der Waals surface area (Å²) in [4.78, 5) is 8.48. The van der Waals surface area contributed by atoms with Crippen molar-refractivity contribution < 1.29 is 4.74 Å². The average Bonchev–Trinajstić information content (AvgIpc) is 2.20. The Morgan fingerprint density at radius 3 is 2.75 bits per heavy atom. The minimum absolute atomic E-state index is 0.0975. The third-order valence-corrected chi connectivity index (χ3v) is 3.09. The summed E-state index contributed by atoms with van der Waals surface area (Å²) < 4.78 is 5.50. The van der Waals surface area contributed by atoms with Gasteiger partial charge in [-0.05, 0) is 19.9 Å². The normalized spacial score (nSPS) is 18.9. The van der Waals surface area contributed by atoms with E-state index in [2.05, 4.69) is 23.8 Å². The second-order valence-corrected chi connectivity index (χ2v) is 5.09. The standard InChI is InChI=1S/C11H12Cl2N2O/c1-11(2)3-4-16-10(15-11)7-5-8(12)9(13)14-6-7/h5-6H,3-4H2,1-2H3. The number of halogens is 2. The monoisotopic (exact) mass is 258 g/mol. The third kappa shape index (κ3) is 2.47. The molecular formula is C11H12Cl2N2O. The molecule has 2 rings (SSSR count). The molecule has 5 heteroatoms. The predicted molar refractivity (Wildman–Crippen MR) is 65.4 cm³/mol. The molecule has 0 N–H and O–H groups in total. The summed E-state index contributed by atoms with van der Waals surface area (Å²) in [5.74, 6) is 0.585. The van der Waals surface area contributed by atoms with Gasteiger partial charge in [-0.25, -0.2) is 9.98 Å². The summed E-state index contributed by atoms with van der Waals surface area (Å²) in [6, 6.07) is 1.72.